The van der Waals surface area contributed by atoms with Crippen molar-refractivity contribution in [2.45, 2.75) is 19.3 Å². The first-order valence-electron chi connectivity index (χ1n) is 21.6. The Kier molecular flexibility index (Phi) is 7.58. The summed E-state index contributed by atoms with van der Waals surface area (Å²) in [4.78, 5) is 15.8. The summed E-state index contributed by atoms with van der Waals surface area (Å²) in [5.74, 6) is 1.85. The molecule has 0 radical (unpaired) electrons. The number of para-hydroxylation sites is 2. The number of hydrogen-bond acceptors (Lipinski definition) is 3. The van der Waals surface area contributed by atoms with Crippen LogP contribution in [-0.4, -0.2) is 24.1 Å². The lowest BCUT2D eigenvalue weighted by Crippen LogP contribution is -2.25. The van der Waals surface area contributed by atoms with Crippen LogP contribution in [-0.2, 0) is 5.41 Å². The van der Waals surface area contributed by atoms with E-state index in [0.29, 0.717) is 17.6 Å². The molecular formula is C58H39N5. The molecule has 0 amide bonds. The molecule has 1 aliphatic rings. The van der Waals surface area contributed by atoms with Crippen molar-refractivity contribution >= 4 is 54.4 Å². The summed E-state index contributed by atoms with van der Waals surface area (Å²) >= 11 is 0. The molecule has 0 N–H and O–H groups in total. The van der Waals surface area contributed by atoms with E-state index in [9.17, 15) is 0 Å². The van der Waals surface area contributed by atoms with Gasteiger partial charge in [-0.1, -0.05) is 172 Å². The summed E-state index contributed by atoms with van der Waals surface area (Å²) in [5.41, 5.74) is 14.6. The van der Waals surface area contributed by atoms with Crippen LogP contribution in [0.1, 0.15) is 25.0 Å². The zero-order valence-corrected chi connectivity index (χ0v) is 34.8. The highest BCUT2D eigenvalue weighted by atomic mass is 15.2. The van der Waals surface area contributed by atoms with E-state index in [2.05, 4.69) is 187 Å². The lowest BCUT2D eigenvalue weighted by molar-refractivity contribution is 0.648. The summed E-state index contributed by atoms with van der Waals surface area (Å²) in [6.07, 6.45) is 0. The monoisotopic (exact) mass is 805 g/mol. The number of hydrogen-bond donors (Lipinski definition) is 0. The fraction of sp³-hybridized carbons (Fsp3) is 0.0517. The fourth-order valence-electron chi connectivity index (χ4n) is 10.5. The number of nitrogens with zero attached hydrogens (tertiary/aromatic N) is 5. The van der Waals surface area contributed by atoms with Crippen molar-refractivity contribution in [2.24, 2.45) is 0 Å². The zero-order chi connectivity index (χ0) is 41.8. The van der Waals surface area contributed by atoms with Gasteiger partial charge >= 0.3 is 0 Å². The Balaban J connectivity index is 1.11. The topological polar surface area (TPSA) is 48.5 Å². The summed E-state index contributed by atoms with van der Waals surface area (Å²) in [7, 11) is 0. The van der Waals surface area contributed by atoms with E-state index in [4.69, 9.17) is 15.0 Å². The van der Waals surface area contributed by atoms with Crippen molar-refractivity contribution in [1.82, 2.24) is 24.1 Å². The van der Waals surface area contributed by atoms with Crippen molar-refractivity contribution in [3.63, 3.8) is 0 Å². The third-order valence-corrected chi connectivity index (χ3v) is 13.3. The first-order chi connectivity index (χ1) is 31.0. The van der Waals surface area contributed by atoms with Crippen molar-refractivity contribution in [3.05, 3.63) is 211 Å². The van der Waals surface area contributed by atoms with E-state index in [1.165, 1.54) is 54.8 Å². The van der Waals surface area contributed by atoms with Crippen LogP contribution in [0.4, 0.5) is 0 Å². The smallest absolute Gasteiger partial charge is 0.238 e. The molecule has 0 fully saturated rings. The van der Waals surface area contributed by atoms with E-state index >= 15 is 0 Å². The quantitative estimate of drug-likeness (QED) is 0.174. The molecule has 13 rings (SSSR count). The Morgan fingerprint density at radius 2 is 0.968 bits per heavy atom. The minimum absolute atomic E-state index is 0.354. The third kappa shape index (κ3) is 5.26. The van der Waals surface area contributed by atoms with Crippen LogP contribution >= 0.6 is 0 Å². The first-order valence-corrected chi connectivity index (χ1v) is 21.6. The number of rotatable bonds is 5. The second-order valence-corrected chi connectivity index (χ2v) is 17.2. The van der Waals surface area contributed by atoms with Gasteiger partial charge in [0.05, 0.1) is 22.1 Å². The van der Waals surface area contributed by atoms with Crippen LogP contribution in [0.3, 0.4) is 0 Å². The molecule has 0 aliphatic heterocycles. The van der Waals surface area contributed by atoms with E-state index < -0.39 is 0 Å². The van der Waals surface area contributed by atoms with Crippen LogP contribution in [0.25, 0.3) is 111 Å². The molecule has 0 saturated carbocycles. The molecule has 5 nitrogen and oxygen atoms in total. The zero-order valence-electron chi connectivity index (χ0n) is 34.8. The number of aromatic nitrogens is 5. The Morgan fingerprint density at radius 3 is 1.65 bits per heavy atom. The van der Waals surface area contributed by atoms with Gasteiger partial charge in [-0.25, -0.2) is 4.98 Å². The van der Waals surface area contributed by atoms with Gasteiger partial charge in [-0.2, -0.15) is 9.97 Å². The lowest BCUT2D eigenvalue weighted by atomic mass is 9.68. The molecule has 63 heavy (non-hydrogen) atoms. The van der Waals surface area contributed by atoms with Gasteiger partial charge in [0.25, 0.3) is 0 Å². The number of fused-ring (bicyclic) bond motifs is 9. The van der Waals surface area contributed by atoms with Crippen molar-refractivity contribution in [1.29, 1.82) is 0 Å². The van der Waals surface area contributed by atoms with Crippen molar-refractivity contribution in [2.75, 3.05) is 0 Å². The maximum Gasteiger partial charge on any atom is 0.238 e. The average molecular weight is 806 g/mol. The highest BCUT2D eigenvalue weighted by Crippen LogP contribution is 2.52. The molecule has 0 unspecified atom stereocenters. The highest BCUT2D eigenvalue weighted by Gasteiger charge is 2.37. The largest absolute Gasteiger partial charge is 0.309 e. The van der Waals surface area contributed by atoms with Gasteiger partial charge in [-0.05, 0) is 86.6 Å². The molecule has 3 heterocycles. The number of benzene rings is 9. The van der Waals surface area contributed by atoms with E-state index in [0.717, 1.165) is 49.7 Å². The molecular weight excluding hydrogens is 767 g/mol. The van der Waals surface area contributed by atoms with Crippen LogP contribution in [0.5, 0.6) is 0 Å². The molecule has 5 heteroatoms. The van der Waals surface area contributed by atoms with Gasteiger partial charge < -0.3 is 4.57 Å². The standard InChI is InChI=1S/C58H39N5/c1-58(2)48-26-15-21-36-20-14-25-43(52(36)48)44-30-31-45-47-35-40(39-28-32-50-46(34-39)42-24-12-13-27-49(42)62(50)41-22-10-5-11-23-41)29-33-51(47)63(54(45)53(44)58)57-60-55(37-16-6-3-7-17-37)59-56(61-57)38-18-8-4-9-19-38/h3-35H,1-2H3. The van der Waals surface area contributed by atoms with Gasteiger partial charge in [0.15, 0.2) is 11.6 Å². The highest BCUT2D eigenvalue weighted by molar-refractivity contribution is 6.16. The Morgan fingerprint density at radius 1 is 0.397 bits per heavy atom. The van der Waals surface area contributed by atoms with Crippen LogP contribution < -0.4 is 0 Å². The summed E-state index contributed by atoms with van der Waals surface area (Å²) in [6.45, 7) is 4.76. The molecule has 296 valence electrons. The minimum Gasteiger partial charge on any atom is -0.309 e. The SMILES string of the molecule is CC1(C)c2cccc3cccc(c23)-c2ccc3c4cc(-c5ccc6c(c5)c5ccccc5n6-c5ccccc5)ccc4n(-c4nc(-c5ccccc5)nc(-c5ccccc5)n4)c3c21. The summed E-state index contributed by atoms with van der Waals surface area (Å²) < 4.78 is 4.69. The van der Waals surface area contributed by atoms with Crippen LogP contribution in [0.15, 0.2) is 200 Å². The van der Waals surface area contributed by atoms with E-state index in [-0.39, 0.29) is 5.41 Å². The molecule has 0 saturated heterocycles. The summed E-state index contributed by atoms with van der Waals surface area (Å²) in [6, 6.07) is 71.8. The van der Waals surface area contributed by atoms with E-state index in [1.807, 2.05) is 36.4 Å². The van der Waals surface area contributed by atoms with Crippen LogP contribution in [0, 0.1) is 0 Å². The molecule has 9 aromatic carbocycles. The van der Waals surface area contributed by atoms with Gasteiger partial charge in [-0.3, -0.25) is 4.57 Å². The normalized spacial score (nSPS) is 13.0. The van der Waals surface area contributed by atoms with Crippen molar-refractivity contribution < 1.29 is 0 Å². The predicted octanol–water partition coefficient (Wildman–Crippen LogP) is 14.5. The second kappa shape index (κ2) is 13.4. The molecule has 1 aliphatic carbocycles. The fourth-order valence-corrected chi connectivity index (χ4v) is 10.5. The van der Waals surface area contributed by atoms with Crippen molar-refractivity contribution in [3.8, 4) is 56.7 Å². The van der Waals surface area contributed by atoms with E-state index in [1.54, 1.807) is 0 Å². The Hall–Kier alpha value is -8.15. The molecule has 0 atom stereocenters. The molecule has 0 spiro atoms. The van der Waals surface area contributed by atoms with Gasteiger partial charge in [0.2, 0.25) is 5.95 Å². The Bertz CT molecular complexity index is 3740. The third-order valence-electron chi connectivity index (χ3n) is 13.3. The molecule has 0 bridgehead atoms. The maximum absolute atomic E-state index is 5.36. The second-order valence-electron chi connectivity index (χ2n) is 17.2. The molecule has 12 aromatic rings. The average Bonchev–Trinajstić information content (AvgIpc) is 3.86. The lowest BCUT2D eigenvalue weighted by Gasteiger charge is -2.36. The summed E-state index contributed by atoms with van der Waals surface area (Å²) in [5, 5.41) is 7.35. The molecule has 3 aromatic heterocycles. The van der Waals surface area contributed by atoms with Gasteiger partial charge in [0.1, 0.15) is 0 Å². The maximum atomic E-state index is 5.36. The van der Waals surface area contributed by atoms with Crippen LogP contribution in [0.2, 0.25) is 0 Å². The Labute approximate surface area is 364 Å². The predicted molar refractivity (Wildman–Crippen MR) is 260 cm³/mol. The first kappa shape index (κ1) is 35.6. The minimum atomic E-state index is -0.354. The van der Waals surface area contributed by atoms with Gasteiger partial charge in [0, 0.05) is 43.8 Å². The van der Waals surface area contributed by atoms with Gasteiger partial charge in [-0.15, -0.1) is 0 Å².